The maximum Gasteiger partial charge on any atom is 0.325 e. The van der Waals surface area contributed by atoms with E-state index in [0.717, 1.165) is 22.4 Å². The topological polar surface area (TPSA) is 134 Å². The molecule has 3 N–H and O–H groups in total. The summed E-state index contributed by atoms with van der Waals surface area (Å²) in [6.07, 6.45) is 9.80. The number of β-lactam (4-membered cyclic amide) rings is 1. The second kappa shape index (κ2) is 10.9. The van der Waals surface area contributed by atoms with Crippen LogP contribution in [0.25, 0.3) is 0 Å². The number of nitrogens with two attached hydrogens (primary N) is 1. The molecule has 3 aromatic rings. The molecular weight excluding hydrogens is 458 g/mol. The summed E-state index contributed by atoms with van der Waals surface area (Å²) in [5.41, 5.74) is 8.02. The predicted octanol–water partition coefficient (Wildman–Crippen LogP) is 2.74. The largest absolute Gasteiger partial charge is 0.384 e. The number of nitrogen functional groups attached to an aromatic ring is 1. The SMILES string of the molecule is CCC[C@@H](NC(=O)N1C(=O)[C@H](Cc2ccnc(N)c2)[C@H]1C(=O)N(C)c1ccncc1)c1cccnc1. The number of nitrogens with zero attached hydrogens (tertiary/aromatic N) is 5. The van der Waals surface area contributed by atoms with Crippen LogP contribution in [0.5, 0.6) is 0 Å². The average molecular weight is 488 g/mol. The molecule has 1 fully saturated rings. The van der Waals surface area contributed by atoms with E-state index < -0.39 is 23.9 Å². The van der Waals surface area contributed by atoms with Gasteiger partial charge in [-0.25, -0.2) is 9.78 Å². The van der Waals surface area contributed by atoms with Crippen LogP contribution in [-0.4, -0.2) is 50.8 Å². The molecule has 0 spiro atoms. The summed E-state index contributed by atoms with van der Waals surface area (Å²) in [5.74, 6) is -1.16. The Morgan fingerprint density at radius 1 is 1.14 bits per heavy atom. The number of aromatic nitrogens is 3. The minimum absolute atomic E-state index is 0.261. The van der Waals surface area contributed by atoms with Gasteiger partial charge in [0.25, 0.3) is 5.91 Å². The Hall–Kier alpha value is -4.34. The van der Waals surface area contributed by atoms with Crippen LogP contribution in [0.1, 0.15) is 36.9 Å². The van der Waals surface area contributed by atoms with Crippen LogP contribution in [0, 0.1) is 5.92 Å². The van der Waals surface area contributed by atoms with E-state index in [1.165, 1.54) is 4.90 Å². The minimum Gasteiger partial charge on any atom is -0.384 e. The summed E-state index contributed by atoms with van der Waals surface area (Å²) >= 11 is 0. The molecule has 4 amide bonds. The first kappa shape index (κ1) is 24.8. The highest BCUT2D eigenvalue weighted by Crippen LogP contribution is 2.33. The third-order valence-electron chi connectivity index (χ3n) is 6.33. The molecule has 0 radical (unpaired) electrons. The molecule has 36 heavy (non-hydrogen) atoms. The number of hydrogen-bond donors (Lipinski definition) is 2. The van der Waals surface area contributed by atoms with Crippen molar-refractivity contribution in [2.75, 3.05) is 17.7 Å². The zero-order valence-electron chi connectivity index (χ0n) is 20.2. The van der Waals surface area contributed by atoms with Gasteiger partial charge < -0.3 is 16.0 Å². The van der Waals surface area contributed by atoms with Gasteiger partial charge in [0, 0.05) is 43.7 Å². The molecule has 0 aromatic carbocycles. The second-order valence-corrected chi connectivity index (χ2v) is 8.73. The Balaban J connectivity index is 1.60. The van der Waals surface area contributed by atoms with Crippen molar-refractivity contribution in [1.82, 2.24) is 25.2 Å². The lowest BCUT2D eigenvalue weighted by molar-refractivity contribution is -0.156. The second-order valence-electron chi connectivity index (χ2n) is 8.73. The van der Waals surface area contributed by atoms with Crippen molar-refractivity contribution >= 4 is 29.4 Å². The third-order valence-corrected chi connectivity index (χ3v) is 6.33. The summed E-state index contributed by atoms with van der Waals surface area (Å²) < 4.78 is 0. The number of likely N-dealkylation sites (tertiary alicyclic amines) is 1. The van der Waals surface area contributed by atoms with Gasteiger partial charge in [0.05, 0.1) is 12.0 Å². The predicted molar refractivity (Wildman–Crippen MR) is 135 cm³/mol. The van der Waals surface area contributed by atoms with E-state index in [9.17, 15) is 14.4 Å². The molecule has 10 heteroatoms. The minimum atomic E-state index is -0.971. The first-order valence-corrected chi connectivity index (χ1v) is 11.8. The molecule has 186 valence electrons. The molecule has 0 aliphatic carbocycles. The van der Waals surface area contributed by atoms with Crippen molar-refractivity contribution < 1.29 is 14.4 Å². The molecule has 1 aliphatic heterocycles. The number of likely N-dealkylation sites (N-methyl/N-ethyl adjacent to an activating group) is 1. The van der Waals surface area contributed by atoms with Gasteiger partial charge in [0.1, 0.15) is 11.9 Å². The van der Waals surface area contributed by atoms with Crippen molar-refractivity contribution in [3.05, 3.63) is 78.5 Å². The van der Waals surface area contributed by atoms with Crippen molar-refractivity contribution in [3.8, 4) is 0 Å². The van der Waals surface area contributed by atoms with Crippen LogP contribution in [0.3, 0.4) is 0 Å². The fourth-order valence-corrected chi connectivity index (χ4v) is 4.44. The lowest BCUT2D eigenvalue weighted by Crippen LogP contribution is -2.70. The number of anilines is 2. The molecule has 4 heterocycles. The van der Waals surface area contributed by atoms with Gasteiger partial charge in [-0.1, -0.05) is 19.4 Å². The summed E-state index contributed by atoms with van der Waals surface area (Å²) in [6, 6.07) is 8.58. The standard InChI is InChI=1S/C26H29N7O3/c1-3-5-21(18-6-4-10-29-16-18)31-26(36)33-23(25(35)32(2)19-8-11-28-12-9-19)20(24(33)34)14-17-7-13-30-22(27)15-17/h4,6-13,15-16,20-21,23H,3,5,14H2,1-2H3,(H2,27,30)(H,31,36)/t20-,21-,23+/m1/s1. The zero-order valence-corrected chi connectivity index (χ0v) is 20.2. The van der Waals surface area contributed by atoms with Crippen LogP contribution < -0.4 is 16.0 Å². The first-order valence-electron chi connectivity index (χ1n) is 11.8. The summed E-state index contributed by atoms with van der Waals surface area (Å²) in [7, 11) is 1.62. The van der Waals surface area contributed by atoms with Crippen LogP contribution in [0.2, 0.25) is 0 Å². The Bertz CT molecular complexity index is 1220. The van der Waals surface area contributed by atoms with Crippen LogP contribution >= 0.6 is 0 Å². The van der Waals surface area contributed by atoms with E-state index in [4.69, 9.17) is 5.73 Å². The van der Waals surface area contributed by atoms with Gasteiger partial charge in [-0.2, -0.15) is 0 Å². The molecule has 1 saturated heterocycles. The molecule has 3 atom stereocenters. The van der Waals surface area contributed by atoms with Gasteiger partial charge in [-0.05, 0) is 54.3 Å². The van der Waals surface area contributed by atoms with Crippen LogP contribution in [0.4, 0.5) is 16.3 Å². The van der Waals surface area contributed by atoms with E-state index in [1.54, 1.807) is 68.4 Å². The van der Waals surface area contributed by atoms with Crippen molar-refractivity contribution in [2.24, 2.45) is 5.92 Å². The molecule has 0 saturated carbocycles. The number of rotatable bonds is 8. The number of carbonyl (C=O) groups excluding carboxylic acids is 3. The lowest BCUT2D eigenvalue weighted by atomic mass is 9.81. The highest BCUT2D eigenvalue weighted by Gasteiger charge is 2.55. The number of urea groups is 1. The Kier molecular flexibility index (Phi) is 7.53. The van der Waals surface area contributed by atoms with E-state index >= 15 is 0 Å². The number of carbonyl (C=O) groups is 3. The normalized spacial score (nSPS) is 17.7. The number of nitrogens with one attached hydrogen (secondary N) is 1. The fourth-order valence-electron chi connectivity index (χ4n) is 4.44. The molecular formula is C26H29N7O3. The average Bonchev–Trinajstić information content (AvgIpc) is 2.90. The lowest BCUT2D eigenvalue weighted by Gasteiger charge is -2.46. The van der Waals surface area contributed by atoms with Gasteiger partial charge in [-0.3, -0.25) is 24.5 Å². The fraction of sp³-hybridized carbons (Fsp3) is 0.308. The summed E-state index contributed by atoms with van der Waals surface area (Å²) in [4.78, 5) is 54.9. The van der Waals surface area contributed by atoms with E-state index in [0.29, 0.717) is 17.9 Å². The zero-order chi connectivity index (χ0) is 25.7. The maximum absolute atomic E-state index is 13.6. The van der Waals surface area contributed by atoms with Gasteiger partial charge in [-0.15, -0.1) is 0 Å². The molecule has 4 rings (SSSR count). The monoisotopic (exact) mass is 487 g/mol. The van der Waals surface area contributed by atoms with Gasteiger partial charge in [0.15, 0.2) is 0 Å². The first-order chi connectivity index (χ1) is 17.4. The molecule has 0 unspecified atom stereocenters. The van der Waals surface area contributed by atoms with Gasteiger partial charge in [0.2, 0.25) is 5.91 Å². The number of hydrogen-bond acceptors (Lipinski definition) is 7. The van der Waals surface area contributed by atoms with Crippen molar-refractivity contribution in [3.63, 3.8) is 0 Å². The number of pyridine rings is 3. The Morgan fingerprint density at radius 3 is 2.58 bits per heavy atom. The third kappa shape index (κ3) is 5.17. The van der Waals surface area contributed by atoms with Crippen LogP contribution in [0.15, 0.2) is 67.4 Å². The van der Waals surface area contributed by atoms with Crippen molar-refractivity contribution in [1.29, 1.82) is 0 Å². The maximum atomic E-state index is 13.6. The van der Waals surface area contributed by atoms with E-state index in [-0.39, 0.29) is 18.4 Å². The van der Waals surface area contributed by atoms with E-state index in [2.05, 4.69) is 20.3 Å². The highest BCUT2D eigenvalue weighted by molar-refractivity contribution is 6.12. The Morgan fingerprint density at radius 2 is 1.92 bits per heavy atom. The molecule has 10 nitrogen and oxygen atoms in total. The molecule has 1 aliphatic rings. The molecule has 3 aromatic heterocycles. The van der Waals surface area contributed by atoms with Crippen LogP contribution in [-0.2, 0) is 16.0 Å². The molecule has 0 bridgehead atoms. The number of imide groups is 1. The summed E-state index contributed by atoms with van der Waals surface area (Å²) in [5, 5.41) is 2.94. The van der Waals surface area contributed by atoms with E-state index in [1.807, 2.05) is 13.0 Å². The van der Waals surface area contributed by atoms with Crippen molar-refractivity contribution in [2.45, 2.75) is 38.3 Å². The van der Waals surface area contributed by atoms with Gasteiger partial charge >= 0.3 is 6.03 Å². The summed E-state index contributed by atoms with van der Waals surface area (Å²) in [6.45, 7) is 2.01. The smallest absolute Gasteiger partial charge is 0.325 e. The Labute approximate surface area is 209 Å². The quantitative estimate of drug-likeness (QED) is 0.467. The highest BCUT2D eigenvalue weighted by atomic mass is 16.2. The number of amides is 4.